The smallest absolute Gasteiger partial charge is 0.235 e. The summed E-state index contributed by atoms with van der Waals surface area (Å²) in [7, 11) is 0. The lowest BCUT2D eigenvalue weighted by atomic mass is 9.81. The van der Waals surface area contributed by atoms with Gasteiger partial charge in [0.15, 0.2) is 0 Å². The molecule has 0 unspecified atom stereocenters. The Kier molecular flexibility index (Phi) is 4.55. The van der Waals surface area contributed by atoms with E-state index in [0.717, 1.165) is 28.0 Å². The fourth-order valence-electron chi connectivity index (χ4n) is 6.96. The molecule has 4 heteroatoms. The van der Waals surface area contributed by atoms with Crippen LogP contribution in [0.4, 0.5) is 0 Å². The van der Waals surface area contributed by atoms with Crippen molar-refractivity contribution in [3.8, 4) is 28.5 Å². The molecule has 194 valence electrons. The van der Waals surface area contributed by atoms with Crippen LogP contribution in [0.15, 0.2) is 115 Å². The van der Waals surface area contributed by atoms with Crippen molar-refractivity contribution in [3.63, 3.8) is 0 Å². The van der Waals surface area contributed by atoms with E-state index >= 15 is 0 Å². The minimum atomic E-state index is -0.209. The highest BCUT2D eigenvalue weighted by atomic mass is 32.1. The SMILES string of the molecule is CC1(C)c2ccccc2-c2nc(-n3c4ccccc4c4c5sc6ccccc6c5ccc43)nc(-c3ccccc3)c21. The second-order valence-electron chi connectivity index (χ2n) is 11.4. The van der Waals surface area contributed by atoms with Crippen LogP contribution in [0.1, 0.15) is 25.0 Å². The molecule has 0 atom stereocenters. The van der Waals surface area contributed by atoms with Crippen molar-refractivity contribution in [3.05, 3.63) is 126 Å². The Hall–Kier alpha value is -4.80. The zero-order valence-corrected chi connectivity index (χ0v) is 23.5. The molecule has 0 amide bonds. The largest absolute Gasteiger partial charge is 0.278 e. The maximum atomic E-state index is 5.41. The molecule has 0 saturated heterocycles. The zero-order chi connectivity index (χ0) is 27.3. The van der Waals surface area contributed by atoms with Gasteiger partial charge in [-0.1, -0.05) is 111 Å². The Morgan fingerprint density at radius 3 is 2.20 bits per heavy atom. The lowest BCUT2D eigenvalue weighted by Gasteiger charge is -2.24. The minimum Gasteiger partial charge on any atom is -0.278 e. The maximum Gasteiger partial charge on any atom is 0.235 e. The van der Waals surface area contributed by atoms with Gasteiger partial charge >= 0.3 is 0 Å². The summed E-state index contributed by atoms with van der Waals surface area (Å²) in [5.74, 6) is 0.710. The first-order valence-electron chi connectivity index (χ1n) is 14.0. The molecule has 0 bridgehead atoms. The third-order valence-corrected chi connectivity index (χ3v) is 10.0. The summed E-state index contributed by atoms with van der Waals surface area (Å²) in [5, 5.41) is 5.11. The van der Waals surface area contributed by atoms with Crippen LogP contribution in [-0.4, -0.2) is 14.5 Å². The van der Waals surface area contributed by atoms with Gasteiger partial charge < -0.3 is 0 Å². The highest BCUT2D eigenvalue weighted by Crippen LogP contribution is 2.51. The third kappa shape index (κ3) is 3.03. The molecule has 8 aromatic rings. The molecular weight excluding hydrogens is 518 g/mol. The van der Waals surface area contributed by atoms with Gasteiger partial charge in [0.1, 0.15) is 0 Å². The monoisotopic (exact) mass is 543 g/mol. The van der Waals surface area contributed by atoms with E-state index in [4.69, 9.17) is 9.97 Å². The van der Waals surface area contributed by atoms with E-state index in [1.165, 1.54) is 47.6 Å². The Balaban J connectivity index is 1.44. The highest BCUT2D eigenvalue weighted by Gasteiger charge is 2.40. The average Bonchev–Trinajstić information content (AvgIpc) is 3.63. The quantitative estimate of drug-likeness (QED) is 0.217. The fourth-order valence-corrected chi connectivity index (χ4v) is 8.22. The van der Waals surface area contributed by atoms with Gasteiger partial charge in [0, 0.05) is 53.1 Å². The Morgan fingerprint density at radius 2 is 1.32 bits per heavy atom. The number of fused-ring (bicyclic) bond motifs is 10. The molecule has 3 nitrogen and oxygen atoms in total. The van der Waals surface area contributed by atoms with Gasteiger partial charge in [-0.15, -0.1) is 11.3 Å². The van der Waals surface area contributed by atoms with Gasteiger partial charge in [0.25, 0.3) is 0 Å². The number of para-hydroxylation sites is 1. The summed E-state index contributed by atoms with van der Waals surface area (Å²) in [6.45, 7) is 4.59. The van der Waals surface area contributed by atoms with Crippen molar-refractivity contribution >= 4 is 53.3 Å². The van der Waals surface area contributed by atoms with Gasteiger partial charge in [-0.05, 0) is 23.8 Å². The zero-order valence-electron chi connectivity index (χ0n) is 22.7. The maximum absolute atomic E-state index is 5.41. The number of aromatic nitrogens is 3. The number of hydrogen-bond donors (Lipinski definition) is 0. The Morgan fingerprint density at radius 1 is 0.610 bits per heavy atom. The van der Waals surface area contributed by atoms with Crippen molar-refractivity contribution in [2.75, 3.05) is 0 Å². The third-order valence-electron chi connectivity index (χ3n) is 8.81. The van der Waals surface area contributed by atoms with Crippen LogP contribution in [-0.2, 0) is 5.41 Å². The van der Waals surface area contributed by atoms with Crippen molar-refractivity contribution in [1.29, 1.82) is 0 Å². The van der Waals surface area contributed by atoms with Gasteiger partial charge in [0.05, 0.1) is 22.4 Å². The molecule has 0 saturated carbocycles. The number of benzene rings is 5. The van der Waals surface area contributed by atoms with E-state index in [1.807, 2.05) is 11.3 Å². The lowest BCUT2D eigenvalue weighted by molar-refractivity contribution is 0.657. The molecule has 0 aliphatic heterocycles. The summed E-state index contributed by atoms with van der Waals surface area (Å²) >= 11 is 1.87. The van der Waals surface area contributed by atoms with Crippen LogP contribution in [0.3, 0.4) is 0 Å². The van der Waals surface area contributed by atoms with Crippen molar-refractivity contribution in [2.24, 2.45) is 0 Å². The predicted octanol–water partition coefficient (Wildman–Crippen LogP) is 9.91. The molecule has 41 heavy (non-hydrogen) atoms. The van der Waals surface area contributed by atoms with E-state index in [-0.39, 0.29) is 5.41 Å². The van der Waals surface area contributed by atoms with E-state index in [1.54, 1.807) is 0 Å². The molecule has 0 radical (unpaired) electrons. The summed E-state index contributed by atoms with van der Waals surface area (Å²) in [6, 6.07) is 41.2. The first kappa shape index (κ1) is 23.0. The highest BCUT2D eigenvalue weighted by molar-refractivity contribution is 7.26. The van der Waals surface area contributed by atoms with E-state index in [0.29, 0.717) is 5.95 Å². The van der Waals surface area contributed by atoms with Crippen molar-refractivity contribution in [1.82, 2.24) is 14.5 Å². The van der Waals surface area contributed by atoms with Crippen LogP contribution in [0, 0.1) is 0 Å². The van der Waals surface area contributed by atoms with Gasteiger partial charge in [0.2, 0.25) is 5.95 Å². The van der Waals surface area contributed by atoms with Crippen molar-refractivity contribution < 1.29 is 0 Å². The molecule has 0 spiro atoms. The molecule has 3 heterocycles. The van der Waals surface area contributed by atoms with Crippen LogP contribution < -0.4 is 0 Å². The summed E-state index contributed by atoms with van der Waals surface area (Å²) in [4.78, 5) is 10.8. The van der Waals surface area contributed by atoms with E-state index in [9.17, 15) is 0 Å². The molecule has 9 rings (SSSR count). The predicted molar refractivity (Wildman–Crippen MR) is 172 cm³/mol. The molecule has 1 aliphatic carbocycles. The first-order chi connectivity index (χ1) is 20.1. The van der Waals surface area contributed by atoms with Crippen LogP contribution in [0.2, 0.25) is 0 Å². The lowest BCUT2D eigenvalue weighted by Crippen LogP contribution is -2.18. The number of nitrogens with zero attached hydrogens (tertiary/aromatic N) is 3. The average molecular weight is 544 g/mol. The van der Waals surface area contributed by atoms with Crippen LogP contribution >= 0.6 is 11.3 Å². The molecule has 5 aromatic carbocycles. The number of hydrogen-bond acceptors (Lipinski definition) is 3. The van der Waals surface area contributed by atoms with E-state index in [2.05, 4.69) is 134 Å². The van der Waals surface area contributed by atoms with Crippen LogP contribution in [0.25, 0.3) is 70.4 Å². The standard InChI is InChI=1S/C37H25N3S/c1-37(2)27-17-9-6-15-25(27)34-32(37)33(22-12-4-3-5-13-22)38-36(39-34)40-28-18-10-7-16-26(28)31-29(40)21-20-24-23-14-8-11-19-30(23)41-35(24)31/h3-21H,1-2H3. The second kappa shape index (κ2) is 8.12. The first-order valence-corrected chi connectivity index (χ1v) is 14.8. The van der Waals surface area contributed by atoms with Crippen LogP contribution in [0.5, 0.6) is 0 Å². The normalized spacial score (nSPS) is 13.8. The van der Waals surface area contributed by atoms with Gasteiger partial charge in [-0.2, -0.15) is 0 Å². The number of rotatable bonds is 2. The molecule has 0 N–H and O–H groups in total. The molecule has 0 fully saturated rings. The number of thiophene rings is 1. The minimum absolute atomic E-state index is 0.209. The van der Waals surface area contributed by atoms with Gasteiger partial charge in [-0.3, -0.25) is 4.57 Å². The summed E-state index contributed by atoms with van der Waals surface area (Å²) in [5.41, 5.74) is 8.88. The Bertz CT molecular complexity index is 2340. The second-order valence-corrected chi connectivity index (χ2v) is 12.5. The molecule has 1 aliphatic rings. The van der Waals surface area contributed by atoms with Gasteiger partial charge in [-0.25, -0.2) is 9.97 Å². The topological polar surface area (TPSA) is 30.7 Å². The van der Waals surface area contributed by atoms with E-state index < -0.39 is 0 Å². The van der Waals surface area contributed by atoms with Crippen molar-refractivity contribution in [2.45, 2.75) is 19.3 Å². The fraction of sp³-hybridized carbons (Fsp3) is 0.0811. The summed E-state index contributed by atoms with van der Waals surface area (Å²) < 4.78 is 4.90. The summed E-state index contributed by atoms with van der Waals surface area (Å²) in [6.07, 6.45) is 0. The Labute approximate surface area is 241 Å². The molecule has 3 aromatic heterocycles. The molecular formula is C37H25N3S.